The number of urea groups is 1. The highest BCUT2D eigenvalue weighted by Gasteiger charge is 2.41. The molecule has 39 heavy (non-hydrogen) atoms. The zero-order valence-corrected chi connectivity index (χ0v) is 21.3. The smallest absolute Gasteiger partial charge is 0.534 e. The second kappa shape index (κ2) is 11.2. The first-order valence-electron chi connectivity index (χ1n) is 11.9. The second-order valence-corrected chi connectivity index (χ2v) is 9.26. The van der Waals surface area contributed by atoms with Crippen molar-refractivity contribution in [2.45, 2.75) is 25.3 Å². The summed E-state index contributed by atoms with van der Waals surface area (Å²) < 4.78 is 5.40. The number of carboxylic acids is 1. The van der Waals surface area contributed by atoms with Gasteiger partial charge in [-0.1, -0.05) is 29.8 Å². The van der Waals surface area contributed by atoms with Crippen LogP contribution < -0.4 is 15.3 Å². The molecule has 15 heteroatoms. The van der Waals surface area contributed by atoms with Crippen LogP contribution in [0.15, 0.2) is 36.4 Å². The summed E-state index contributed by atoms with van der Waals surface area (Å²) in [6.07, 6.45) is -0.000693. The standard InChI is InChI=1S/C24H24BClN4O9/c1-2-29-8-9-30(22(34)21(29)33)24(37)28-18(14-7-6-13(31)11-16(14)26)20(32)27-17-10-12-4-3-5-15(23(35)36)19(12)39-25(17)38/h3-7,11,17-18,31,38H,2,8-10H2,1H3,(H,27,32)(H,28,37)(H,35,36)/t17-,18?/m0/s1. The number of hydrogen-bond donors (Lipinski definition) is 5. The number of likely N-dealkylation sites (N-methyl/N-ethyl adjacent to an activating group) is 1. The summed E-state index contributed by atoms with van der Waals surface area (Å²) in [5.74, 6) is -5.30. The molecule has 4 rings (SSSR count). The van der Waals surface area contributed by atoms with Gasteiger partial charge in [-0.2, -0.15) is 0 Å². The van der Waals surface area contributed by atoms with Crippen molar-refractivity contribution >= 4 is 48.4 Å². The predicted octanol–water partition coefficient (Wildman–Crippen LogP) is 0.325. The van der Waals surface area contributed by atoms with E-state index in [-0.39, 0.29) is 53.7 Å². The SMILES string of the molecule is CCN1CCN(C(=O)NC(C(=O)N[C@H]2Cc3cccc(C(=O)O)c3OB2O)c2ccc(O)cc2Cl)C(=O)C1=O. The van der Waals surface area contributed by atoms with Crippen LogP contribution in [0, 0.1) is 0 Å². The molecular weight excluding hydrogens is 535 g/mol. The Balaban J connectivity index is 1.58. The number of nitrogens with one attached hydrogen (secondary N) is 2. The lowest BCUT2D eigenvalue weighted by Crippen LogP contribution is -2.60. The maximum absolute atomic E-state index is 13.5. The number of aromatic carboxylic acids is 1. The number of carbonyl (C=O) groups excluding carboxylic acids is 4. The third-order valence-corrected chi connectivity index (χ3v) is 6.77. The monoisotopic (exact) mass is 558 g/mol. The maximum Gasteiger partial charge on any atom is 0.547 e. The first-order chi connectivity index (χ1) is 18.5. The van der Waals surface area contributed by atoms with Crippen LogP contribution >= 0.6 is 11.6 Å². The largest absolute Gasteiger partial charge is 0.547 e. The van der Waals surface area contributed by atoms with Crippen molar-refractivity contribution in [2.75, 3.05) is 19.6 Å². The topological polar surface area (TPSA) is 186 Å². The molecule has 2 atom stereocenters. The summed E-state index contributed by atoms with van der Waals surface area (Å²) in [7, 11) is -1.63. The Morgan fingerprint density at radius 2 is 1.92 bits per heavy atom. The van der Waals surface area contributed by atoms with Crippen molar-refractivity contribution in [3.05, 3.63) is 58.1 Å². The first-order valence-corrected chi connectivity index (χ1v) is 12.3. The Kier molecular flexibility index (Phi) is 7.97. The van der Waals surface area contributed by atoms with Gasteiger partial charge in [0.1, 0.15) is 17.5 Å². The molecule has 5 amide bonds. The molecule has 0 aliphatic carbocycles. The second-order valence-electron chi connectivity index (χ2n) is 8.86. The van der Waals surface area contributed by atoms with Crippen molar-refractivity contribution in [3.8, 4) is 11.5 Å². The number of para-hydroxylation sites is 1. The third-order valence-electron chi connectivity index (χ3n) is 6.44. The van der Waals surface area contributed by atoms with Gasteiger partial charge in [0, 0.05) is 25.2 Å². The lowest BCUT2D eigenvalue weighted by atomic mass is 9.72. The van der Waals surface area contributed by atoms with Crippen molar-refractivity contribution in [3.63, 3.8) is 0 Å². The van der Waals surface area contributed by atoms with Crippen LogP contribution in [0.25, 0.3) is 0 Å². The van der Waals surface area contributed by atoms with Gasteiger partial charge in [0.2, 0.25) is 5.91 Å². The molecule has 0 bridgehead atoms. The molecule has 1 fully saturated rings. The van der Waals surface area contributed by atoms with E-state index in [2.05, 4.69) is 10.6 Å². The Morgan fingerprint density at radius 1 is 1.18 bits per heavy atom. The number of phenolic OH excluding ortho intramolecular Hbond substituents is 1. The molecule has 2 aromatic rings. The number of hydrogen-bond acceptors (Lipinski definition) is 8. The molecule has 2 aromatic carbocycles. The zero-order valence-electron chi connectivity index (χ0n) is 20.6. The molecule has 0 aromatic heterocycles. The molecular formula is C24H24BClN4O9. The Morgan fingerprint density at radius 3 is 2.59 bits per heavy atom. The highest BCUT2D eigenvalue weighted by molar-refractivity contribution is 6.47. The summed E-state index contributed by atoms with van der Waals surface area (Å²) in [5.41, 5.74) is 0.331. The molecule has 2 heterocycles. The molecule has 2 aliphatic heterocycles. The molecule has 0 saturated carbocycles. The van der Waals surface area contributed by atoms with Crippen molar-refractivity contribution in [1.29, 1.82) is 0 Å². The van der Waals surface area contributed by atoms with Gasteiger partial charge in [-0.05, 0) is 37.1 Å². The van der Waals surface area contributed by atoms with E-state index in [1.807, 2.05) is 0 Å². The predicted molar refractivity (Wildman–Crippen MR) is 136 cm³/mol. The normalized spacial score (nSPS) is 17.7. The van der Waals surface area contributed by atoms with E-state index in [9.17, 15) is 39.2 Å². The van der Waals surface area contributed by atoms with E-state index < -0.39 is 48.8 Å². The lowest BCUT2D eigenvalue weighted by Gasteiger charge is -2.33. The summed E-state index contributed by atoms with van der Waals surface area (Å²) in [5, 5.41) is 34.6. The van der Waals surface area contributed by atoms with E-state index in [0.29, 0.717) is 10.5 Å². The molecule has 204 valence electrons. The van der Waals surface area contributed by atoms with Crippen LogP contribution in [-0.2, 0) is 20.8 Å². The number of imide groups is 1. The van der Waals surface area contributed by atoms with Gasteiger partial charge in [-0.25, -0.2) is 9.59 Å². The van der Waals surface area contributed by atoms with Crippen molar-refractivity contribution < 1.29 is 43.9 Å². The third kappa shape index (κ3) is 5.61. The highest BCUT2D eigenvalue weighted by Crippen LogP contribution is 2.31. The summed E-state index contributed by atoms with van der Waals surface area (Å²) in [6, 6.07) is 5.55. The molecule has 2 aliphatic rings. The minimum atomic E-state index is -1.63. The number of phenols is 1. The number of nitrogens with zero attached hydrogens (tertiary/aromatic N) is 2. The van der Waals surface area contributed by atoms with E-state index in [1.165, 1.54) is 29.2 Å². The van der Waals surface area contributed by atoms with Gasteiger partial charge in [-0.3, -0.25) is 19.3 Å². The van der Waals surface area contributed by atoms with E-state index in [1.54, 1.807) is 13.0 Å². The van der Waals surface area contributed by atoms with Crippen molar-refractivity contribution in [1.82, 2.24) is 20.4 Å². The van der Waals surface area contributed by atoms with Crippen LogP contribution in [-0.4, -0.2) is 87.5 Å². The van der Waals surface area contributed by atoms with Crippen molar-refractivity contribution in [2.24, 2.45) is 0 Å². The zero-order chi connectivity index (χ0) is 28.4. The van der Waals surface area contributed by atoms with Crippen LogP contribution in [0.4, 0.5) is 4.79 Å². The van der Waals surface area contributed by atoms with Crippen LogP contribution in [0.5, 0.6) is 11.5 Å². The van der Waals surface area contributed by atoms with Gasteiger partial charge < -0.3 is 35.4 Å². The Labute approximate surface area is 227 Å². The Bertz CT molecular complexity index is 1360. The molecule has 1 saturated heterocycles. The lowest BCUT2D eigenvalue weighted by molar-refractivity contribution is -0.153. The van der Waals surface area contributed by atoms with Gasteiger partial charge in [-0.15, -0.1) is 0 Å². The number of benzene rings is 2. The number of amides is 5. The van der Waals surface area contributed by atoms with E-state index in [0.717, 1.165) is 6.07 Å². The number of carbonyl (C=O) groups is 5. The fourth-order valence-electron chi connectivity index (χ4n) is 4.39. The van der Waals surface area contributed by atoms with Crippen LogP contribution in [0.2, 0.25) is 5.02 Å². The summed E-state index contributed by atoms with van der Waals surface area (Å²) >= 11 is 6.25. The quantitative estimate of drug-likeness (QED) is 0.246. The minimum Gasteiger partial charge on any atom is -0.534 e. The number of fused-ring (bicyclic) bond motifs is 1. The Hall–Kier alpha value is -4.30. The fourth-order valence-corrected chi connectivity index (χ4v) is 4.67. The molecule has 1 unspecified atom stereocenters. The fraction of sp³-hybridized carbons (Fsp3) is 0.292. The van der Waals surface area contributed by atoms with E-state index in [4.69, 9.17) is 16.3 Å². The number of piperazine rings is 1. The molecule has 5 N–H and O–H groups in total. The number of carboxylic acid groups (broad SMARTS) is 1. The number of halogens is 1. The van der Waals surface area contributed by atoms with Crippen LogP contribution in [0.3, 0.4) is 0 Å². The van der Waals surface area contributed by atoms with Gasteiger partial charge in [0.05, 0.1) is 16.5 Å². The average Bonchev–Trinajstić information content (AvgIpc) is 2.89. The summed E-state index contributed by atoms with van der Waals surface area (Å²) in [4.78, 5) is 64.8. The molecule has 0 radical (unpaired) electrons. The highest BCUT2D eigenvalue weighted by atomic mass is 35.5. The molecule has 13 nitrogen and oxygen atoms in total. The first kappa shape index (κ1) is 27.7. The number of rotatable bonds is 6. The van der Waals surface area contributed by atoms with Gasteiger partial charge in [0.25, 0.3) is 0 Å². The minimum absolute atomic E-state index is 0.000693. The maximum atomic E-state index is 13.5. The van der Waals surface area contributed by atoms with Crippen LogP contribution in [0.1, 0.15) is 34.5 Å². The summed E-state index contributed by atoms with van der Waals surface area (Å²) in [6.45, 7) is 2.00. The average molecular weight is 559 g/mol. The van der Waals surface area contributed by atoms with E-state index >= 15 is 0 Å². The number of aromatic hydroxyl groups is 1. The van der Waals surface area contributed by atoms with Gasteiger partial charge in [0.15, 0.2) is 0 Å². The van der Waals surface area contributed by atoms with Gasteiger partial charge >= 0.3 is 30.9 Å². The molecule has 0 spiro atoms.